The molecule has 0 amide bonds. The third-order valence-electron chi connectivity index (χ3n) is 2.85. The van der Waals surface area contributed by atoms with E-state index in [1.165, 1.54) is 26.4 Å². The van der Waals surface area contributed by atoms with Crippen molar-refractivity contribution in [2.75, 3.05) is 14.2 Å². The summed E-state index contributed by atoms with van der Waals surface area (Å²) in [7, 11) is 3.05. The van der Waals surface area contributed by atoms with Crippen molar-refractivity contribution in [3.05, 3.63) is 53.3 Å². The lowest BCUT2D eigenvalue weighted by atomic mass is 10.1. The van der Waals surface area contributed by atoms with Gasteiger partial charge in [0.15, 0.2) is 11.5 Å². The minimum absolute atomic E-state index is 0.100. The molecule has 0 spiro atoms. The second-order valence-electron chi connectivity index (χ2n) is 4.24. The Balaban J connectivity index is 2.24. The molecular weight excluding hydrogens is 273 g/mol. The zero-order valence-electron chi connectivity index (χ0n) is 11.7. The number of ether oxygens (including phenoxy) is 3. The average Bonchev–Trinajstić information content (AvgIpc) is 2.51. The maximum Gasteiger partial charge on any atom is 0.203 e. The highest BCUT2D eigenvalue weighted by molar-refractivity contribution is 5.51. The summed E-state index contributed by atoms with van der Waals surface area (Å²) in [5.41, 5.74) is 0.806. The van der Waals surface area contributed by atoms with Gasteiger partial charge < -0.3 is 14.2 Å². The predicted molar refractivity (Wildman–Crippen MR) is 75.0 cm³/mol. The molecule has 0 aliphatic carbocycles. The summed E-state index contributed by atoms with van der Waals surface area (Å²) in [5.74, 6) is 1.00. The lowest BCUT2D eigenvalue weighted by Gasteiger charge is -2.14. The largest absolute Gasteiger partial charge is 0.493 e. The van der Waals surface area contributed by atoms with Gasteiger partial charge in [-0.3, -0.25) is 0 Å². The minimum Gasteiger partial charge on any atom is -0.493 e. The summed E-state index contributed by atoms with van der Waals surface area (Å²) in [6.45, 7) is 0.100. The number of para-hydroxylation sites is 1. The van der Waals surface area contributed by atoms with E-state index in [0.29, 0.717) is 22.8 Å². The van der Waals surface area contributed by atoms with Crippen LogP contribution in [0.5, 0.6) is 17.2 Å². The van der Waals surface area contributed by atoms with Crippen LogP contribution in [0.15, 0.2) is 36.4 Å². The topological polar surface area (TPSA) is 51.5 Å². The van der Waals surface area contributed by atoms with E-state index >= 15 is 0 Å². The highest BCUT2D eigenvalue weighted by atomic mass is 19.1. The average molecular weight is 287 g/mol. The zero-order valence-corrected chi connectivity index (χ0v) is 11.7. The van der Waals surface area contributed by atoms with E-state index in [4.69, 9.17) is 19.5 Å². The smallest absolute Gasteiger partial charge is 0.203 e. The number of nitrogens with zero attached hydrogens (tertiary/aromatic N) is 1. The van der Waals surface area contributed by atoms with E-state index in [0.717, 1.165) is 0 Å². The van der Waals surface area contributed by atoms with Crippen LogP contribution in [0.25, 0.3) is 0 Å². The first-order valence-electron chi connectivity index (χ1n) is 6.21. The quantitative estimate of drug-likeness (QED) is 0.846. The molecule has 0 heterocycles. The van der Waals surface area contributed by atoms with Gasteiger partial charge in [0, 0.05) is 0 Å². The van der Waals surface area contributed by atoms with Crippen molar-refractivity contribution < 1.29 is 18.6 Å². The van der Waals surface area contributed by atoms with Gasteiger partial charge in [-0.15, -0.1) is 0 Å². The molecule has 0 saturated carbocycles. The van der Waals surface area contributed by atoms with Crippen molar-refractivity contribution in [2.45, 2.75) is 6.61 Å². The van der Waals surface area contributed by atoms with E-state index in [9.17, 15) is 4.39 Å². The normalized spacial score (nSPS) is 9.81. The molecule has 2 aromatic carbocycles. The summed E-state index contributed by atoms with van der Waals surface area (Å²) < 4.78 is 29.5. The van der Waals surface area contributed by atoms with Crippen LogP contribution in [0.3, 0.4) is 0 Å². The molecule has 0 aliphatic heterocycles. The number of hydrogen-bond acceptors (Lipinski definition) is 4. The van der Waals surface area contributed by atoms with Gasteiger partial charge in [-0.25, -0.2) is 4.39 Å². The second-order valence-corrected chi connectivity index (χ2v) is 4.24. The summed E-state index contributed by atoms with van der Waals surface area (Å²) in [6, 6.07) is 11.2. The summed E-state index contributed by atoms with van der Waals surface area (Å²) in [6.07, 6.45) is 0. The number of benzene rings is 2. The third kappa shape index (κ3) is 3.42. The van der Waals surface area contributed by atoms with Crippen LogP contribution in [-0.2, 0) is 6.61 Å². The minimum atomic E-state index is -0.473. The van der Waals surface area contributed by atoms with Crippen LogP contribution < -0.4 is 14.2 Å². The fourth-order valence-electron chi connectivity index (χ4n) is 1.91. The molecule has 0 bridgehead atoms. The molecule has 2 rings (SSSR count). The molecule has 0 fully saturated rings. The van der Waals surface area contributed by atoms with Crippen LogP contribution in [0, 0.1) is 17.1 Å². The highest BCUT2D eigenvalue weighted by Crippen LogP contribution is 2.37. The van der Waals surface area contributed by atoms with Crippen molar-refractivity contribution in [3.63, 3.8) is 0 Å². The second kappa shape index (κ2) is 6.62. The Labute approximate surface area is 122 Å². The van der Waals surface area contributed by atoms with Crippen molar-refractivity contribution in [3.8, 4) is 23.3 Å². The standard InChI is InChI=1S/C16H14FNO3/c1-19-14-4-3-5-15(20-2)16(14)21-10-12-6-11(9-18)7-13(17)8-12/h3-8H,10H2,1-2H3. The number of hydrogen-bond donors (Lipinski definition) is 0. The van der Waals surface area contributed by atoms with Crippen molar-refractivity contribution in [1.29, 1.82) is 5.26 Å². The molecular formula is C16H14FNO3. The number of nitriles is 1. The summed E-state index contributed by atoms with van der Waals surface area (Å²) in [4.78, 5) is 0. The molecule has 21 heavy (non-hydrogen) atoms. The first-order valence-corrected chi connectivity index (χ1v) is 6.21. The van der Waals surface area contributed by atoms with Gasteiger partial charge in [0.1, 0.15) is 12.4 Å². The van der Waals surface area contributed by atoms with Gasteiger partial charge in [0.05, 0.1) is 25.9 Å². The monoisotopic (exact) mass is 287 g/mol. The maximum atomic E-state index is 13.4. The van der Waals surface area contributed by atoms with Crippen LogP contribution >= 0.6 is 0 Å². The van der Waals surface area contributed by atoms with Gasteiger partial charge in [-0.1, -0.05) is 6.07 Å². The SMILES string of the molecule is COc1cccc(OC)c1OCc1cc(F)cc(C#N)c1. The fraction of sp³-hybridized carbons (Fsp3) is 0.188. The van der Waals surface area contributed by atoms with Crippen molar-refractivity contribution in [1.82, 2.24) is 0 Å². The predicted octanol–water partition coefficient (Wildman–Crippen LogP) is 3.29. The Kier molecular flexibility index (Phi) is 4.62. The Morgan fingerprint density at radius 3 is 2.33 bits per heavy atom. The molecule has 0 unspecified atom stereocenters. The first-order chi connectivity index (χ1) is 10.2. The Morgan fingerprint density at radius 1 is 1.10 bits per heavy atom. The molecule has 4 nitrogen and oxygen atoms in total. The van der Waals surface area contributed by atoms with Gasteiger partial charge in [-0.05, 0) is 35.9 Å². The molecule has 2 aromatic rings. The molecule has 0 N–H and O–H groups in total. The molecule has 0 radical (unpaired) electrons. The van der Waals surface area contributed by atoms with E-state index < -0.39 is 5.82 Å². The van der Waals surface area contributed by atoms with E-state index in [1.807, 2.05) is 6.07 Å². The van der Waals surface area contributed by atoms with Gasteiger partial charge in [-0.2, -0.15) is 5.26 Å². The van der Waals surface area contributed by atoms with E-state index in [-0.39, 0.29) is 12.2 Å². The molecule has 0 aromatic heterocycles. The third-order valence-corrected chi connectivity index (χ3v) is 2.85. The molecule has 5 heteroatoms. The number of rotatable bonds is 5. The molecule has 108 valence electrons. The van der Waals surface area contributed by atoms with E-state index in [1.54, 1.807) is 24.3 Å². The van der Waals surface area contributed by atoms with Crippen LogP contribution in [0.1, 0.15) is 11.1 Å². The van der Waals surface area contributed by atoms with E-state index in [2.05, 4.69) is 0 Å². The molecule has 0 aliphatic rings. The van der Waals surface area contributed by atoms with Gasteiger partial charge in [0.2, 0.25) is 5.75 Å². The highest BCUT2D eigenvalue weighted by Gasteiger charge is 2.11. The van der Waals surface area contributed by atoms with Gasteiger partial charge >= 0.3 is 0 Å². The van der Waals surface area contributed by atoms with Crippen LogP contribution in [-0.4, -0.2) is 14.2 Å². The Bertz CT molecular complexity index is 657. The van der Waals surface area contributed by atoms with Crippen molar-refractivity contribution >= 4 is 0 Å². The van der Waals surface area contributed by atoms with Crippen LogP contribution in [0.2, 0.25) is 0 Å². The Morgan fingerprint density at radius 2 is 1.76 bits per heavy atom. The summed E-state index contributed by atoms with van der Waals surface area (Å²) >= 11 is 0. The lowest BCUT2D eigenvalue weighted by molar-refractivity contribution is 0.265. The van der Waals surface area contributed by atoms with Gasteiger partial charge in [0.25, 0.3) is 0 Å². The van der Waals surface area contributed by atoms with Crippen LogP contribution in [0.4, 0.5) is 4.39 Å². The fourth-order valence-corrected chi connectivity index (χ4v) is 1.91. The molecule has 0 atom stereocenters. The van der Waals surface area contributed by atoms with Crippen molar-refractivity contribution in [2.24, 2.45) is 0 Å². The number of methoxy groups -OCH3 is 2. The maximum absolute atomic E-state index is 13.4. The lowest BCUT2D eigenvalue weighted by Crippen LogP contribution is -2.01. The zero-order chi connectivity index (χ0) is 15.2. The number of halogens is 1. The molecule has 0 saturated heterocycles. The summed E-state index contributed by atoms with van der Waals surface area (Å²) in [5, 5.41) is 8.84. The first kappa shape index (κ1) is 14.7. The Hall–Kier alpha value is -2.74.